The van der Waals surface area contributed by atoms with Gasteiger partial charge in [-0.3, -0.25) is 20.4 Å². The second-order valence-corrected chi connectivity index (χ2v) is 5.51. The minimum Gasteiger partial charge on any atom is -0.493 e. The fraction of sp³-hybridized carbons (Fsp3) is 0.263. The van der Waals surface area contributed by atoms with Gasteiger partial charge in [-0.1, -0.05) is 18.2 Å². The average molecular weight is 376 g/mol. The third-order valence-electron chi connectivity index (χ3n) is 3.82. The molecule has 0 spiro atoms. The first-order valence-electron chi connectivity index (χ1n) is 8.12. The van der Waals surface area contributed by atoms with Gasteiger partial charge >= 0.3 is 0 Å². The minimum atomic E-state index is -0.562. The van der Waals surface area contributed by atoms with E-state index >= 15 is 0 Å². The fourth-order valence-electron chi connectivity index (χ4n) is 2.42. The predicted octanol–water partition coefficient (Wildman–Crippen LogP) is 2.25. The van der Waals surface area contributed by atoms with Crippen LogP contribution in [0.5, 0.6) is 17.2 Å². The number of rotatable bonds is 7. The number of aryl methyl sites for hydroxylation is 1. The first-order chi connectivity index (χ1) is 13.0. The number of hydrogen-bond acceptors (Lipinski definition) is 5. The number of benzene rings is 2. The molecular weight excluding hydrogens is 355 g/mol. The van der Waals surface area contributed by atoms with E-state index in [1.54, 1.807) is 18.2 Å². The highest BCUT2D eigenvalue weighted by Gasteiger charge is 2.17. The summed E-state index contributed by atoms with van der Waals surface area (Å²) in [4.78, 5) is 24.2. The Balaban J connectivity index is 1.97. The van der Waals surface area contributed by atoms with Gasteiger partial charge in [-0.2, -0.15) is 0 Å². The molecule has 0 saturated carbocycles. The lowest BCUT2D eigenvalue weighted by Gasteiger charge is -2.14. The number of methoxy groups -OCH3 is 3. The molecule has 2 rings (SSSR count). The van der Waals surface area contributed by atoms with Gasteiger partial charge in [0.05, 0.1) is 21.3 Å². The number of ether oxygens (including phenoxy) is 3. The van der Waals surface area contributed by atoms with Gasteiger partial charge in [-0.05, 0) is 30.2 Å². The van der Waals surface area contributed by atoms with E-state index in [4.69, 9.17) is 14.2 Å². The van der Waals surface area contributed by atoms with E-state index < -0.39 is 11.8 Å². The molecule has 2 aromatic rings. The lowest BCUT2D eigenvalue weighted by Crippen LogP contribution is -2.41. The van der Waals surface area contributed by atoms with E-state index in [1.807, 2.05) is 0 Å². The second kappa shape index (κ2) is 9.42. The third kappa shape index (κ3) is 5.10. The van der Waals surface area contributed by atoms with Crippen molar-refractivity contribution >= 4 is 11.8 Å². The van der Waals surface area contributed by atoms with Crippen molar-refractivity contribution in [1.29, 1.82) is 0 Å². The number of carbonyl (C=O) groups is 2. The second-order valence-electron chi connectivity index (χ2n) is 5.51. The van der Waals surface area contributed by atoms with Crippen LogP contribution < -0.4 is 25.1 Å². The van der Waals surface area contributed by atoms with Crippen molar-refractivity contribution in [3.63, 3.8) is 0 Å². The van der Waals surface area contributed by atoms with Gasteiger partial charge in [-0.25, -0.2) is 4.39 Å². The Kier molecular flexibility index (Phi) is 6.99. The summed E-state index contributed by atoms with van der Waals surface area (Å²) in [5.41, 5.74) is 5.25. The largest absolute Gasteiger partial charge is 0.493 e. The molecule has 0 heterocycles. The predicted molar refractivity (Wildman–Crippen MR) is 96.4 cm³/mol. The highest BCUT2D eigenvalue weighted by Crippen LogP contribution is 2.38. The van der Waals surface area contributed by atoms with Crippen LogP contribution in [0.1, 0.15) is 22.3 Å². The zero-order chi connectivity index (χ0) is 19.8. The van der Waals surface area contributed by atoms with Gasteiger partial charge in [0.2, 0.25) is 11.7 Å². The molecule has 0 aliphatic rings. The zero-order valence-electron chi connectivity index (χ0n) is 15.3. The molecule has 0 aliphatic carbocycles. The molecule has 8 heteroatoms. The average Bonchev–Trinajstić information content (AvgIpc) is 2.70. The van der Waals surface area contributed by atoms with Crippen LogP contribution >= 0.6 is 0 Å². The summed E-state index contributed by atoms with van der Waals surface area (Å²) < 4.78 is 29.1. The van der Waals surface area contributed by atoms with Gasteiger partial charge < -0.3 is 14.2 Å². The van der Waals surface area contributed by atoms with Crippen LogP contribution in [0.15, 0.2) is 36.4 Å². The van der Waals surface area contributed by atoms with Crippen molar-refractivity contribution in [3.8, 4) is 17.2 Å². The van der Waals surface area contributed by atoms with Crippen molar-refractivity contribution in [2.45, 2.75) is 12.8 Å². The third-order valence-corrected chi connectivity index (χ3v) is 3.82. The fourth-order valence-corrected chi connectivity index (χ4v) is 2.42. The Hall–Kier alpha value is -3.29. The van der Waals surface area contributed by atoms with Crippen LogP contribution in [0.4, 0.5) is 4.39 Å². The lowest BCUT2D eigenvalue weighted by molar-refractivity contribution is -0.121. The summed E-state index contributed by atoms with van der Waals surface area (Å²) in [7, 11) is 4.32. The first-order valence-corrected chi connectivity index (χ1v) is 8.12. The van der Waals surface area contributed by atoms with Gasteiger partial charge in [0.1, 0.15) is 5.82 Å². The normalized spacial score (nSPS) is 10.1. The highest BCUT2D eigenvalue weighted by molar-refractivity contribution is 5.96. The molecule has 0 bridgehead atoms. The van der Waals surface area contributed by atoms with E-state index in [0.717, 1.165) is 0 Å². The van der Waals surface area contributed by atoms with Gasteiger partial charge in [0.25, 0.3) is 5.91 Å². The maximum Gasteiger partial charge on any atom is 0.269 e. The van der Waals surface area contributed by atoms with Crippen LogP contribution in [0.2, 0.25) is 0 Å². The van der Waals surface area contributed by atoms with Crippen molar-refractivity contribution in [2.24, 2.45) is 0 Å². The Morgan fingerprint density at radius 2 is 1.59 bits per heavy atom. The zero-order valence-corrected chi connectivity index (χ0v) is 15.3. The number of hydrazine groups is 1. The van der Waals surface area contributed by atoms with E-state index in [2.05, 4.69) is 10.9 Å². The maximum atomic E-state index is 13.5. The molecule has 0 saturated heterocycles. The lowest BCUT2D eigenvalue weighted by atomic mass is 10.1. The van der Waals surface area contributed by atoms with Crippen molar-refractivity contribution < 1.29 is 28.2 Å². The topological polar surface area (TPSA) is 85.9 Å². The molecule has 0 radical (unpaired) electrons. The van der Waals surface area contributed by atoms with Crippen LogP contribution in [-0.4, -0.2) is 33.1 Å². The Bertz CT molecular complexity index is 800. The van der Waals surface area contributed by atoms with Gasteiger partial charge in [-0.15, -0.1) is 0 Å². The number of amides is 2. The summed E-state index contributed by atoms with van der Waals surface area (Å²) >= 11 is 0. The van der Waals surface area contributed by atoms with Gasteiger partial charge in [0.15, 0.2) is 11.5 Å². The van der Waals surface area contributed by atoms with Crippen LogP contribution in [0.3, 0.4) is 0 Å². The van der Waals surface area contributed by atoms with E-state index in [9.17, 15) is 14.0 Å². The molecule has 7 nitrogen and oxygen atoms in total. The van der Waals surface area contributed by atoms with Crippen LogP contribution in [0.25, 0.3) is 0 Å². The number of hydrogen-bond donors (Lipinski definition) is 2. The van der Waals surface area contributed by atoms with Crippen molar-refractivity contribution in [2.75, 3.05) is 21.3 Å². The standard InChI is InChI=1S/C19H21FN2O5/c1-25-15-10-13(11-16(26-2)18(15)27-3)19(24)22-21-17(23)9-8-12-6-4-5-7-14(12)20/h4-7,10-11H,8-9H2,1-3H3,(H,21,23)(H,22,24). The van der Waals surface area contributed by atoms with E-state index in [0.29, 0.717) is 22.8 Å². The Morgan fingerprint density at radius 3 is 2.15 bits per heavy atom. The summed E-state index contributed by atoms with van der Waals surface area (Å²) in [6.07, 6.45) is 0.245. The Labute approximate surface area is 156 Å². The molecule has 0 fully saturated rings. The molecule has 2 N–H and O–H groups in total. The molecule has 0 atom stereocenters. The Morgan fingerprint density at radius 1 is 0.963 bits per heavy atom. The molecule has 2 amide bonds. The minimum absolute atomic E-state index is 0.0243. The monoisotopic (exact) mass is 376 g/mol. The molecule has 0 aromatic heterocycles. The van der Waals surface area contributed by atoms with E-state index in [-0.39, 0.29) is 24.2 Å². The number of nitrogens with one attached hydrogen (secondary N) is 2. The van der Waals surface area contributed by atoms with E-state index in [1.165, 1.54) is 39.5 Å². The van der Waals surface area contributed by atoms with Crippen molar-refractivity contribution in [1.82, 2.24) is 10.9 Å². The summed E-state index contributed by atoms with van der Waals surface area (Å²) in [6, 6.07) is 9.14. The summed E-state index contributed by atoms with van der Waals surface area (Å²) in [6.45, 7) is 0. The maximum absolute atomic E-state index is 13.5. The molecular formula is C19H21FN2O5. The SMILES string of the molecule is COc1cc(C(=O)NNC(=O)CCc2ccccc2F)cc(OC)c1OC. The highest BCUT2D eigenvalue weighted by atomic mass is 19.1. The first kappa shape index (κ1) is 20.0. The molecule has 0 aliphatic heterocycles. The number of carbonyl (C=O) groups excluding carboxylic acids is 2. The molecule has 144 valence electrons. The van der Waals surface area contributed by atoms with Gasteiger partial charge in [0, 0.05) is 12.0 Å². The molecule has 2 aromatic carbocycles. The van der Waals surface area contributed by atoms with Crippen LogP contribution in [-0.2, 0) is 11.2 Å². The van der Waals surface area contributed by atoms with Crippen molar-refractivity contribution in [3.05, 3.63) is 53.3 Å². The van der Waals surface area contributed by atoms with Crippen LogP contribution in [0, 0.1) is 5.82 Å². The smallest absolute Gasteiger partial charge is 0.269 e. The summed E-state index contributed by atoms with van der Waals surface area (Å²) in [5.74, 6) is -0.398. The summed E-state index contributed by atoms with van der Waals surface area (Å²) in [5, 5.41) is 0. The quantitative estimate of drug-likeness (QED) is 0.724. The number of halogens is 1. The molecule has 0 unspecified atom stereocenters. The molecule has 27 heavy (non-hydrogen) atoms.